The van der Waals surface area contributed by atoms with Crippen LogP contribution in [0.3, 0.4) is 0 Å². The number of ether oxygens (including phenoxy) is 1. The molecule has 28 heavy (non-hydrogen) atoms. The summed E-state index contributed by atoms with van der Waals surface area (Å²) in [6.45, 7) is 3.19. The minimum absolute atomic E-state index is 0.278. The summed E-state index contributed by atoms with van der Waals surface area (Å²) in [5.41, 5.74) is 3.17. The maximum absolute atomic E-state index is 12.2. The molecule has 1 aromatic carbocycles. The van der Waals surface area contributed by atoms with Crippen molar-refractivity contribution in [2.45, 2.75) is 26.3 Å². The summed E-state index contributed by atoms with van der Waals surface area (Å²) in [5, 5.41) is 10.1. The summed E-state index contributed by atoms with van der Waals surface area (Å²) in [5.74, 6) is 0.802. The Labute approximate surface area is 164 Å². The molecule has 7 nitrogen and oxygen atoms in total. The molecule has 0 aliphatic rings. The summed E-state index contributed by atoms with van der Waals surface area (Å²) in [6.07, 6.45) is 3.85. The first kappa shape index (κ1) is 19.4. The standard InChI is InChI=1S/C21H25N5O2/c1-3-4-13-28-18-10-8-16(9-11-18)24-21(27)23-15-17-14-20(25-26(17)2)19-7-5-6-12-22-19/h5-12,14H,3-4,13,15H2,1-2H3,(H2,23,24,27). The third kappa shape index (κ3) is 5.33. The van der Waals surface area contributed by atoms with Crippen molar-refractivity contribution in [1.29, 1.82) is 0 Å². The summed E-state index contributed by atoms with van der Waals surface area (Å²) in [6, 6.07) is 14.7. The van der Waals surface area contributed by atoms with Gasteiger partial charge in [-0.25, -0.2) is 4.79 Å². The van der Waals surface area contributed by atoms with E-state index in [1.165, 1.54) is 0 Å². The van der Waals surface area contributed by atoms with Crippen LogP contribution in [0, 0.1) is 0 Å². The SMILES string of the molecule is CCCCOc1ccc(NC(=O)NCc2cc(-c3ccccn3)nn2C)cc1. The third-order valence-corrected chi connectivity index (χ3v) is 4.21. The summed E-state index contributed by atoms with van der Waals surface area (Å²) >= 11 is 0. The van der Waals surface area contributed by atoms with Crippen LogP contribution in [0.4, 0.5) is 10.5 Å². The van der Waals surface area contributed by atoms with Crippen LogP contribution in [0.2, 0.25) is 0 Å². The maximum Gasteiger partial charge on any atom is 0.319 e. The number of amides is 2. The minimum atomic E-state index is -0.278. The predicted molar refractivity (Wildman–Crippen MR) is 109 cm³/mol. The van der Waals surface area contributed by atoms with Gasteiger partial charge in [-0.2, -0.15) is 5.10 Å². The number of pyridine rings is 1. The predicted octanol–water partition coefficient (Wildman–Crippen LogP) is 3.98. The molecular weight excluding hydrogens is 354 g/mol. The van der Waals surface area contributed by atoms with Crippen LogP contribution < -0.4 is 15.4 Å². The van der Waals surface area contributed by atoms with Gasteiger partial charge < -0.3 is 15.4 Å². The van der Waals surface area contributed by atoms with Gasteiger partial charge in [0.1, 0.15) is 11.4 Å². The van der Waals surface area contributed by atoms with Crippen molar-refractivity contribution >= 4 is 11.7 Å². The topological polar surface area (TPSA) is 81.1 Å². The molecule has 0 atom stereocenters. The molecular formula is C21H25N5O2. The first-order valence-corrected chi connectivity index (χ1v) is 9.37. The molecule has 2 heterocycles. The molecule has 0 spiro atoms. The normalized spacial score (nSPS) is 10.5. The van der Waals surface area contributed by atoms with E-state index in [0.29, 0.717) is 18.8 Å². The van der Waals surface area contributed by atoms with Gasteiger partial charge in [-0.15, -0.1) is 0 Å². The molecule has 7 heteroatoms. The van der Waals surface area contributed by atoms with E-state index in [1.54, 1.807) is 10.9 Å². The monoisotopic (exact) mass is 379 g/mol. The van der Waals surface area contributed by atoms with Crippen molar-refractivity contribution in [3.05, 3.63) is 60.4 Å². The van der Waals surface area contributed by atoms with E-state index >= 15 is 0 Å². The number of nitrogens with one attached hydrogen (secondary N) is 2. The number of urea groups is 1. The molecule has 0 bridgehead atoms. The second kappa shape index (κ2) is 9.55. The van der Waals surface area contributed by atoms with Gasteiger partial charge in [0.25, 0.3) is 0 Å². The highest BCUT2D eigenvalue weighted by molar-refractivity contribution is 5.89. The van der Waals surface area contributed by atoms with Gasteiger partial charge in [-0.3, -0.25) is 9.67 Å². The number of hydrogen-bond donors (Lipinski definition) is 2. The number of rotatable bonds is 8. The summed E-state index contributed by atoms with van der Waals surface area (Å²) in [4.78, 5) is 16.5. The van der Waals surface area contributed by atoms with Crippen LogP contribution >= 0.6 is 0 Å². The third-order valence-electron chi connectivity index (χ3n) is 4.21. The molecule has 146 valence electrons. The maximum atomic E-state index is 12.2. The fourth-order valence-electron chi connectivity index (χ4n) is 2.63. The van der Waals surface area contributed by atoms with Gasteiger partial charge in [0.2, 0.25) is 0 Å². The van der Waals surface area contributed by atoms with Gasteiger partial charge in [0, 0.05) is 18.9 Å². The van der Waals surface area contributed by atoms with Crippen LogP contribution in [-0.2, 0) is 13.6 Å². The number of nitrogens with zero attached hydrogens (tertiary/aromatic N) is 3. The highest BCUT2D eigenvalue weighted by atomic mass is 16.5. The van der Waals surface area contributed by atoms with E-state index in [0.717, 1.165) is 35.7 Å². The van der Waals surface area contributed by atoms with Crippen molar-refractivity contribution in [2.75, 3.05) is 11.9 Å². The van der Waals surface area contributed by atoms with Crippen LogP contribution in [0.15, 0.2) is 54.7 Å². The van der Waals surface area contributed by atoms with Crippen molar-refractivity contribution in [3.8, 4) is 17.1 Å². The average molecular weight is 379 g/mol. The van der Waals surface area contributed by atoms with Crippen LogP contribution in [0.5, 0.6) is 5.75 Å². The number of anilines is 1. The lowest BCUT2D eigenvalue weighted by molar-refractivity contribution is 0.251. The second-order valence-electron chi connectivity index (χ2n) is 6.39. The number of hydrogen-bond acceptors (Lipinski definition) is 4. The Morgan fingerprint density at radius 2 is 1.96 bits per heavy atom. The van der Waals surface area contributed by atoms with Crippen molar-refractivity contribution in [1.82, 2.24) is 20.1 Å². The largest absolute Gasteiger partial charge is 0.494 e. The molecule has 0 aliphatic carbocycles. The average Bonchev–Trinajstić information content (AvgIpc) is 3.09. The molecule has 0 saturated carbocycles. The zero-order valence-corrected chi connectivity index (χ0v) is 16.2. The van der Waals surface area contributed by atoms with Gasteiger partial charge in [0.15, 0.2) is 0 Å². The number of unbranched alkanes of at least 4 members (excludes halogenated alkanes) is 1. The van der Waals surface area contributed by atoms with Crippen LogP contribution in [-0.4, -0.2) is 27.4 Å². The number of aromatic nitrogens is 3. The van der Waals surface area contributed by atoms with E-state index in [-0.39, 0.29) is 6.03 Å². The van der Waals surface area contributed by atoms with Crippen LogP contribution in [0.1, 0.15) is 25.5 Å². The van der Waals surface area contributed by atoms with E-state index in [1.807, 2.05) is 55.6 Å². The molecule has 2 N–H and O–H groups in total. The Balaban J connectivity index is 1.51. The van der Waals surface area contributed by atoms with E-state index < -0.39 is 0 Å². The number of benzene rings is 1. The Morgan fingerprint density at radius 1 is 1.14 bits per heavy atom. The Morgan fingerprint density at radius 3 is 2.68 bits per heavy atom. The zero-order valence-electron chi connectivity index (χ0n) is 16.2. The number of carbonyl (C=O) groups is 1. The summed E-state index contributed by atoms with van der Waals surface area (Å²) < 4.78 is 7.36. The molecule has 3 aromatic rings. The minimum Gasteiger partial charge on any atom is -0.494 e. The van der Waals surface area contributed by atoms with Gasteiger partial charge in [0.05, 0.1) is 24.5 Å². The lowest BCUT2D eigenvalue weighted by Crippen LogP contribution is -2.28. The quantitative estimate of drug-likeness (QED) is 0.580. The Hall–Kier alpha value is -3.35. The number of carbonyl (C=O) groups excluding carboxylic acids is 1. The van der Waals surface area contributed by atoms with E-state index in [4.69, 9.17) is 4.74 Å². The Kier molecular flexibility index (Phi) is 6.62. The lowest BCUT2D eigenvalue weighted by Gasteiger charge is -2.09. The highest BCUT2D eigenvalue weighted by Crippen LogP contribution is 2.17. The van der Waals surface area contributed by atoms with Crippen molar-refractivity contribution < 1.29 is 9.53 Å². The second-order valence-corrected chi connectivity index (χ2v) is 6.39. The van der Waals surface area contributed by atoms with Crippen molar-refractivity contribution in [3.63, 3.8) is 0 Å². The first-order valence-electron chi connectivity index (χ1n) is 9.37. The van der Waals surface area contributed by atoms with Crippen LogP contribution in [0.25, 0.3) is 11.4 Å². The fraction of sp³-hybridized carbons (Fsp3) is 0.286. The Bertz CT molecular complexity index is 891. The first-order chi connectivity index (χ1) is 13.7. The van der Waals surface area contributed by atoms with Gasteiger partial charge >= 0.3 is 6.03 Å². The molecule has 0 fully saturated rings. The summed E-state index contributed by atoms with van der Waals surface area (Å²) in [7, 11) is 1.85. The smallest absolute Gasteiger partial charge is 0.319 e. The van der Waals surface area contributed by atoms with Crippen molar-refractivity contribution in [2.24, 2.45) is 7.05 Å². The zero-order chi connectivity index (χ0) is 19.8. The highest BCUT2D eigenvalue weighted by Gasteiger charge is 2.09. The van der Waals surface area contributed by atoms with Gasteiger partial charge in [-0.05, 0) is 48.9 Å². The molecule has 2 aromatic heterocycles. The molecule has 0 aliphatic heterocycles. The van der Waals surface area contributed by atoms with E-state index in [2.05, 4.69) is 27.6 Å². The number of aryl methyl sites for hydroxylation is 1. The lowest BCUT2D eigenvalue weighted by atomic mass is 10.2. The molecule has 0 radical (unpaired) electrons. The fourth-order valence-corrected chi connectivity index (χ4v) is 2.63. The molecule has 3 rings (SSSR count). The van der Waals surface area contributed by atoms with Gasteiger partial charge in [-0.1, -0.05) is 19.4 Å². The molecule has 0 saturated heterocycles. The van der Waals surface area contributed by atoms with E-state index in [9.17, 15) is 4.79 Å². The molecule has 2 amide bonds. The molecule has 0 unspecified atom stereocenters.